The van der Waals surface area contributed by atoms with Gasteiger partial charge >= 0.3 is 0 Å². The fraction of sp³-hybridized carbons (Fsp3) is 0.500. The van der Waals surface area contributed by atoms with E-state index in [2.05, 4.69) is 0 Å². The molecule has 0 unspecified atom stereocenters. The maximum atomic E-state index is 12.5. The number of ketones is 1. The predicted octanol–water partition coefficient (Wildman–Crippen LogP) is 3.87. The Kier molecular flexibility index (Phi) is 3.85. The van der Waals surface area contributed by atoms with Gasteiger partial charge in [0, 0.05) is 17.7 Å². The summed E-state index contributed by atoms with van der Waals surface area (Å²) in [7, 11) is 1.64. The molecule has 0 spiro atoms. The van der Waals surface area contributed by atoms with E-state index < -0.39 is 5.60 Å². The first-order chi connectivity index (χ1) is 8.18. The lowest BCUT2D eigenvalue weighted by atomic mass is 9.79. The lowest BCUT2D eigenvalue weighted by molar-refractivity contribution is -0.0194. The Hall–Kier alpha value is -0.860. The Bertz CT molecular complexity index is 391. The van der Waals surface area contributed by atoms with E-state index in [1.54, 1.807) is 31.4 Å². The summed E-state index contributed by atoms with van der Waals surface area (Å²) in [5.74, 6) is 0.0939. The Balaban J connectivity index is 2.25. The quantitative estimate of drug-likeness (QED) is 0.764. The Labute approximate surface area is 107 Å². The van der Waals surface area contributed by atoms with E-state index in [0.29, 0.717) is 10.6 Å². The number of carbonyl (C=O) groups excluding carboxylic acids is 1. The van der Waals surface area contributed by atoms with Gasteiger partial charge in [0.2, 0.25) is 0 Å². The third-order valence-electron chi connectivity index (χ3n) is 3.57. The number of methoxy groups -OCH3 is 1. The minimum atomic E-state index is -0.605. The molecule has 1 saturated carbocycles. The van der Waals surface area contributed by atoms with Crippen LogP contribution in [-0.2, 0) is 4.74 Å². The third-order valence-corrected chi connectivity index (χ3v) is 3.82. The van der Waals surface area contributed by atoms with Gasteiger partial charge in [-0.1, -0.05) is 30.9 Å². The molecule has 0 aromatic heterocycles. The molecule has 0 atom stereocenters. The first kappa shape index (κ1) is 12.6. The summed E-state index contributed by atoms with van der Waals surface area (Å²) in [6.45, 7) is 0. The van der Waals surface area contributed by atoms with Crippen LogP contribution >= 0.6 is 11.6 Å². The molecule has 1 aliphatic rings. The zero-order valence-electron chi connectivity index (χ0n) is 10.0. The highest BCUT2D eigenvalue weighted by Gasteiger charge is 2.39. The first-order valence-electron chi connectivity index (χ1n) is 6.03. The van der Waals surface area contributed by atoms with Gasteiger partial charge in [-0.05, 0) is 37.1 Å². The van der Waals surface area contributed by atoms with E-state index in [1.807, 2.05) is 0 Å². The lowest BCUT2D eigenvalue weighted by Crippen LogP contribution is -2.42. The van der Waals surface area contributed by atoms with E-state index in [0.717, 1.165) is 25.7 Å². The summed E-state index contributed by atoms with van der Waals surface area (Å²) in [6.07, 6.45) is 4.97. The van der Waals surface area contributed by atoms with Crippen LogP contribution in [0.4, 0.5) is 0 Å². The number of benzene rings is 1. The molecule has 0 radical (unpaired) electrons. The summed E-state index contributed by atoms with van der Waals surface area (Å²) in [5, 5.41) is 0.650. The van der Waals surface area contributed by atoms with Gasteiger partial charge in [0.1, 0.15) is 5.60 Å². The maximum absolute atomic E-state index is 12.5. The molecule has 92 valence electrons. The molecule has 2 nitrogen and oxygen atoms in total. The van der Waals surface area contributed by atoms with Crippen LogP contribution < -0.4 is 0 Å². The molecule has 3 heteroatoms. The molecule has 17 heavy (non-hydrogen) atoms. The number of halogens is 1. The standard InChI is InChI=1S/C14H17ClO2/c1-17-14(9-3-2-4-10-14)13(16)11-5-7-12(15)8-6-11/h5-8H,2-4,9-10H2,1H3. The molecule has 1 aliphatic carbocycles. The molecule has 0 saturated heterocycles. The molecule has 1 fully saturated rings. The van der Waals surface area contributed by atoms with E-state index in [-0.39, 0.29) is 5.78 Å². The van der Waals surface area contributed by atoms with Crippen LogP contribution in [0.15, 0.2) is 24.3 Å². The van der Waals surface area contributed by atoms with E-state index in [9.17, 15) is 4.79 Å². The molecule has 1 aromatic rings. The first-order valence-corrected chi connectivity index (χ1v) is 6.41. The Morgan fingerprint density at radius 3 is 2.29 bits per heavy atom. The maximum Gasteiger partial charge on any atom is 0.194 e. The van der Waals surface area contributed by atoms with Crippen LogP contribution in [0.1, 0.15) is 42.5 Å². The zero-order chi connectivity index (χ0) is 12.3. The minimum Gasteiger partial charge on any atom is -0.370 e. The number of ether oxygens (including phenoxy) is 1. The molecule has 0 aliphatic heterocycles. The number of carbonyl (C=O) groups is 1. The number of hydrogen-bond acceptors (Lipinski definition) is 2. The molecule has 1 aromatic carbocycles. The summed E-state index contributed by atoms with van der Waals surface area (Å²) in [6, 6.07) is 7.06. The van der Waals surface area contributed by atoms with Crippen molar-refractivity contribution in [1.82, 2.24) is 0 Å². The smallest absolute Gasteiger partial charge is 0.194 e. The SMILES string of the molecule is COC1(C(=O)c2ccc(Cl)cc2)CCCCC1. The lowest BCUT2D eigenvalue weighted by Gasteiger charge is -2.34. The minimum absolute atomic E-state index is 0.0939. The molecule has 2 rings (SSSR count). The van der Waals surface area contributed by atoms with Crippen molar-refractivity contribution in [3.63, 3.8) is 0 Å². The number of rotatable bonds is 3. The van der Waals surface area contributed by atoms with E-state index in [4.69, 9.17) is 16.3 Å². The normalized spacial score (nSPS) is 18.9. The van der Waals surface area contributed by atoms with E-state index in [1.165, 1.54) is 6.42 Å². The van der Waals surface area contributed by atoms with Gasteiger partial charge in [-0.3, -0.25) is 4.79 Å². The molecule has 0 amide bonds. The fourth-order valence-electron chi connectivity index (χ4n) is 2.51. The third kappa shape index (κ3) is 2.53. The van der Waals surface area contributed by atoms with Gasteiger partial charge in [-0.25, -0.2) is 0 Å². The number of hydrogen-bond donors (Lipinski definition) is 0. The van der Waals surface area contributed by atoms with Crippen molar-refractivity contribution in [3.8, 4) is 0 Å². The van der Waals surface area contributed by atoms with Crippen molar-refractivity contribution in [2.24, 2.45) is 0 Å². The van der Waals surface area contributed by atoms with Gasteiger partial charge in [0.05, 0.1) is 0 Å². The van der Waals surface area contributed by atoms with Crippen molar-refractivity contribution in [2.75, 3.05) is 7.11 Å². The van der Waals surface area contributed by atoms with Crippen LogP contribution in [0.25, 0.3) is 0 Å². The largest absolute Gasteiger partial charge is 0.370 e. The van der Waals surface area contributed by atoms with Crippen molar-refractivity contribution in [2.45, 2.75) is 37.7 Å². The second-order valence-corrected chi connectivity index (χ2v) is 5.03. The van der Waals surface area contributed by atoms with Gasteiger partial charge < -0.3 is 4.74 Å². The highest BCUT2D eigenvalue weighted by molar-refractivity contribution is 6.30. The average Bonchev–Trinajstić information content (AvgIpc) is 2.39. The van der Waals surface area contributed by atoms with Gasteiger partial charge in [0.25, 0.3) is 0 Å². The second kappa shape index (κ2) is 5.19. The zero-order valence-corrected chi connectivity index (χ0v) is 10.8. The fourth-order valence-corrected chi connectivity index (χ4v) is 2.64. The summed E-state index contributed by atoms with van der Waals surface area (Å²) in [5.41, 5.74) is 0.0877. The summed E-state index contributed by atoms with van der Waals surface area (Å²) >= 11 is 5.83. The van der Waals surface area contributed by atoms with Crippen molar-refractivity contribution >= 4 is 17.4 Å². The van der Waals surface area contributed by atoms with Crippen molar-refractivity contribution in [3.05, 3.63) is 34.9 Å². The second-order valence-electron chi connectivity index (χ2n) is 4.60. The summed E-state index contributed by atoms with van der Waals surface area (Å²) in [4.78, 5) is 12.5. The van der Waals surface area contributed by atoms with Gasteiger partial charge in [-0.2, -0.15) is 0 Å². The van der Waals surface area contributed by atoms with Crippen LogP contribution in [0.5, 0.6) is 0 Å². The highest BCUT2D eigenvalue weighted by atomic mass is 35.5. The van der Waals surface area contributed by atoms with Gasteiger partial charge in [-0.15, -0.1) is 0 Å². The molecule has 0 N–H and O–H groups in total. The van der Waals surface area contributed by atoms with E-state index >= 15 is 0 Å². The van der Waals surface area contributed by atoms with Crippen LogP contribution in [0, 0.1) is 0 Å². The Morgan fingerprint density at radius 2 is 1.76 bits per heavy atom. The average molecular weight is 253 g/mol. The monoisotopic (exact) mass is 252 g/mol. The molecular formula is C14H17ClO2. The Morgan fingerprint density at radius 1 is 1.18 bits per heavy atom. The van der Waals surface area contributed by atoms with Crippen molar-refractivity contribution < 1.29 is 9.53 Å². The van der Waals surface area contributed by atoms with Crippen LogP contribution in [0.2, 0.25) is 5.02 Å². The molecule has 0 bridgehead atoms. The molecule has 0 heterocycles. The van der Waals surface area contributed by atoms with Gasteiger partial charge in [0.15, 0.2) is 5.78 Å². The van der Waals surface area contributed by atoms with Crippen LogP contribution in [0.3, 0.4) is 0 Å². The highest BCUT2D eigenvalue weighted by Crippen LogP contribution is 2.34. The van der Waals surface area contributed by atoms with Crippen LogP contribution in [-0.4, -0.2) is 18.5 Å². The topological polar surface area (TPSA) is 26.3 Å². The predicted molar refractivity (Wildman–Crippen MR) is 68.6 cm³/mol. The molecular weight excluding hydrogens is 236 g/mol. The summed E-state index contributed by atoms with van der Waals surface area (Å²) < 4.78 is 5.54. The van der Waals surface area contributed by atoms with Crippen molar-refractivity contribution in [1.29, 1.82) is 0 Å². The number of Topliss-reactive ketones (excluding diaryl/α,β-unsaturated/α-hetero) is 1.